The van der Waals surface area contributed by atoms with Crippen LogP contribution in [0.4, 0.5) is 0 Å². The number of hydrogen-bond acceptors (Lipinski definition) is 1. The van der Waals surface area contributed by atoms with Crippen molar-refractivity contribution in [2.45, 2.75) is 24.6 Å². The highest BCUT2D eigenvalue weighted by atomic mass is 35.5. The first-order valence-corrected chi connectivity index (χ1v) is 4.51. The molecule has 0 amide bonds. The highest BCUT2D eigenvalue weighted by molar-refractivity contribution is 6.20. The largest absolute Gasteiger partial charge is 0.344 e. The minimum atomic E-state index is 0. The van der Waals surface area contributed by atoms with Crippen molar-refractivity contribution >= 4 is 11.6 Å². The molecule has 0 aromatic heterocycles. The predicted octanol–water partition coefficient (Wildman–Crippen LogP) is 2.94. The van der Waals surface area contributed by atoms with Crippen LogP contribution in [0.15, 0.2) is 24.3 Å². The highest BCUT2D eigenvalue weighted by Gasteiger charge is 2.14. The third-order valence-electron chi connectivity index (χ3n) is 2.29. The van der Waals surface area contributed by atoms with Crippen molar-refractivity contribution in [1.82, 2.24) is 6.15 Å². The molecule has 0 fully saturated rings. The fourth-order valence-corrected chi connectivity index (χ4v) is 1.93. The summed E-state index contributed by atoms with van der Waals surface area (Å²) in [6.45, 7) is 0. The molecule has 0 radical (unpaired) electrons. The van der Waals surface area contributed by atoms with Crippen molar-refractivity contribution in [1.29, 1.82) is 0 Å². The van der Waals surface area contributed by atoms with E-state index < -0.39 is 0 Å². The molecule has 0 saturated carbocycles. The second kappa shape index (κ2) is 3.92. The summed E-state index contributed by atoms with van der Waals surface area (Å²) >= 11 is 6.04. The molecule has 66 valence electrons. The number of alkyl halides is 1. The topological polar surface area (TPSA) is 35.0 Å². The Balaban J connectivity index is 0.000000720. The molecule has 12 heavy (non-hydrogen) atoms. The van der Waals surface area contributed by atoms with Crippen molar-refractivity contribution in [3.05, 3.63) is 35.4 Å². The second-order valence-electron chi connectivity index (χ2n) is 3.11. The number of aryl methyl sites for hydroxylation is 1. The van der Waals surface area contributed by atoms with Gasteiger partial charge in [0.25, 0.3) is 0 Å². The predicted molar refractivity (Wildman–Crippen MR) is 53.1 cm³/mol. The molecule has 2 heteroatoms. The minimum absolute atomic E-state index is 0. The molecule has 1 aromatic rings. The van der Waals surface area contributed by atoms with Gasteiger partial charge in [0.15, 0.2) is 0 Å². The molecule has 1 nitrogen and oxygen atoms in total. The van der Waals surface area contributed by atoms with Crippen LogP contribution in [0.25, 0.3) is 0 Å². The third-order valence-corrected chi connectivity index (χ3v) is 2.66. The van der Waals surface area contributed by atoms with E-state index in [0.717, 1.165) is 19.3 Å². The lowest BCUT2D eigenvalue weighted by Crippen LogP contribution is -2.13. The first-order valence-electron chi connectivity index (χ1n) is 4.07. The summed E-state index contributed by atoms with van der Waals surface area (Å²) in [4.78, 5) is 0. The lowest BCUT2D eigenvalue weighted by atomic mass is 9.92. The molecule has 1 aliphatic carbocycles. The van der Waals surface area contributed by atoms with E-state index in [1.807, 2.05) is 0 Å². The smallest absolute Gasteiger partial charge is 0.0379 e. The van der Waals surface area contributed by atoms with Crippen LogP contribution in [0.5, 0.6) is 0 Å². The van der Waals surface area contributed by atoms with Gasteiger partial charge in [-0.25, -0.2) is 0 Å². The van der Waals surface area contributed by atoms with Crippen molar-refractivity contribution in [2.75, 3.05) is 0 Å². The van der Waals surface area contributed by atoms with Crippen LogP contribution in [-0.4, -0.2) is 5.38 Å². The van der Waals surface area contributed by atoms with Gasteiger partial charge in [-0.1, -0.05) is 24.3 Å². The first kappa shape index (κ1) is 9.56. The molecule has 0 spiro atoms. The zero-order valence-corrected chi connectivity index (χ0v) is 7.85. The van der Waals surface area contributed by atoms with Crippen molar-refractivity contribution in [2.24, 2.45) is 0 Å². The fraction of sp³-hybridized carbons (Fsp3) is 0.400. The van der Waals surface area contributed by atoms with Crippen LogP contribution in [0.1, 0.15) is 17.5 Å². The molecule has 1 unspecified atom stereocenters. The quantitative estimate of drug-likeness (QED) is 0.617. The van der Waals surface area contributed by atoms with Crippen molar-refractivity contribution in [3.63, 3.8) is 0 Å². The lowest BCUT2D eigenvalue weighted by molar-refractivity contribution is 0.694. The van der Waals surface area contributed by atoms with Gasteiger partial charge in [0.1, 0.15) is 0 Å². The average Bonchev–Trinajstić information content (AvgIpc) is 2.04. The normalized spacial score (nSPS) is 20.9. The van der Waals surface area contributed by atoms with Gasteiger partial charge in [0.05, 0.1) is 0 Å². The van der Waals surface area contributed by atoms with E-state index in [0.29, 0.717) is 5.38 Å². The van der Waals surface area contributed by atoms with E-state index in [-0.39, 0.29) is 6.15 Å². The molecule has 0 bridgehead atoms. The molecule has 1 atom stereocenters. The molecule has 0 aliphatic heterocycles. The summed E-state index contributed by atoms with van der Waals surface area (Å²) in [6, 6.07) is 8.59. The lowest BCUT2D eigenvalue weighted by Gasteiger charge is -2.19. The zero-order chi connectivity index (χ0) is 7.68. The van der Waals surface area contributed by atoms with Gasteiger partial charge in [-0.2, -0.15) is 0 Å². The summed E-state index contributed by atoms with van der Waals surface area (Å²) in [6.07, 6.45) is 3.35. The van der Waals surface area contributed by atoms with Crippen molar-refractivity contribution in [3.8, 4) is 0 Å². The van der Waals surface area contributed by atoms with Crippen LogP contribution >= 0.6 is 11.6 Å². The number of halogens is 1. The van der Waals surface area contributed by atoms with Gasteiger partial charge < -0.3 is 6.15 Å². The number of benzene rings is 1. The Kier molecular flexibility index (Phi) is 3.12. The Hall–Kier alpha value is -0.530. The van der Waals surface area contributed by atoms with Crippen molar-refractivity contribution < 1.29 is 0 Å². The van der Waals surface area contributed by atoms with Crippen LogP contribution in [0.2, 0.25) is 0 Å². The molecule has 0 heterocycles. The summed E-state index contributed by atoms with van der Waals surface area (Å²) in [5.74, 6) is 0. The number of rotatable bonds is 0. The Labute approximate surface area is 78.3 Å². The Morgan fingerprint density at radius 3 is 2.58 bits per heavy atom. The SMILES string of the molecule is ClC1CCc2ccccc2C1.N. The molecule has 1 aromatic carbocycles. The van der Waals surface area contributed by atoms with E-state index in [9.17, 15) is 0 Å². The van der Waals surface area contributed by atoms with Gasteiger partial charge in [0, 0.05) is 5.38 Å². The van der Waals surface area contributed by atoms with E-state index in [1.54, 1.807) is 0 Å². The minimum Gasteiger partial charge on any atom is -0.344 e. The first-order chi connectivity index (χ1) is 5.36. The zero-order valence-electron chi connectivity index (χ0n) is 7.09. The van der Waals surface area contributed by atoms with Crippen LogP contribution in [-0.2, 0) is 12.8 Å². The number of fused-ring (bicyclic) bond motifs is 1. The monoisotopic (exact) mass is 183 g/mol. The van der Waals surface area contributed by atoms with Gasteiger partial charge >= 0.3 is 0 Å². The number of hydrogen-bond donors (Lipinski definition) is 1. The van der Waals surface area contributed by atoms with Gasteiger partial charge in [-0.3, -0.25) is 0 Å². The highest BCUT2D eigenvalue weighted by Crippen LogP contribution is 2.23. The molecule has 2 rings (SSSR count). The Morgan fingerprint density at radius 1 is 1.17 bits per heavy atom. The van der Waals surface area contributed by atoms with E-state index in [1.165, 1.54) is 11.1 Å². The van der Waals surface area contributed by atoms with Crippen LogP contribution in [0, 0.1) is 0 Å². The molecule has 0 saturated heterocycles. The summed E-state index contributed by atoms with van der Waals surface area (Å²) in [5, 5.41) is 0.366. The van der Waals surface area contributed by atoms with Gasteiger partial charge in [-0.05, 0) is 30.4 Å². The summed E-state index contributed by atoms with van der Waals surface area (Å²) in [7, 11) is 0. The van der Waals surface area contributed by atoms with Gasteiger partial charge in [0.2, 0.25) is 0 Å². The van der Waals surface area contributed by atoms with E-state index in [4.69, 9.17) is 11.6 Å². The van der Waals surface area contributed by atoms with Crippen LogP contribution < -0.4 is 6.15 Å². The maximum atomic E-state index is 6.04. The van der Waals surface area contributed by atoms with Gasteiger partial charge in [-0.15, -0.1) is 11.6 Å². The Morgan fingerprint density at radius 2 is 1.83 bits per heavy atom. The maximum Gasteiger partial charge on any atom is 0.0379 e. The average molecular weight is 184 g/mol. The van der Waals surface area contributed by atoms with E-state index >= 15 is 0 Å². The second-order valence-corrected chi connectivity index (χ2v) is 3.73. The van der Waals surface area contributed by atoms with E-state index in [2.05, 4.69) is 24.3 Å². The standard InChI is InChI=1S/C10H11Cl.H3N/c11-10-6-5-8-3-1-2-4-9(8)7-10;/h1-4,10H,5-7H2;1H3. The molecule has 3 N–H and O–H groups in total. The summed E-state index contributed by atoms with van der Waals surface area (Å²) in [5.41, 5.74) is 2.93. The molecule has 1 aliphatic rings. The summed E-state index contributed by atoms with van der Waals surface area (Å²) < 4.78 is 0. The molecular weight excluding hydrogens is 170 g/mol. The Bertz CT molecular complexity index is 260. The maximum absolute atomic E-state index is 6.04. The van der Waals surface area contributed by atoms with Crippen LogP contribution in [0.3, 0.4) is 0 Å². The fourth-order valence-electron chi connectivity index (χ4n) is 1.65. The third kappa shape index (κ3) is 1.79. The molecular formula is C10H14ClN.